The molecule has 3 atom stereocenters. The molecule has 3 fully saturated rings. The number of hydrogen-bond acceptors (Lipinski definition) is 12. The lowest BCUT2D eigenvalue weighted by atomic mass is 9.82. The molecular weight excluding hydrogens is 768 g/mol. The number of piperidine rings is 1. The largest absolute Gasteiger partial charge is 0.385 e. The highest BCUT2D eigenvalue weighted by atomic mass is 19.1. The molecule has 9 rings (SSSR count). The monoisotopic (exact) mass is 812 g/mol. The van der Waals surface area contributed by atoms with Gasteiger partial charge in [0.15, 0.2) is 17.2 Å². The van der Waals surface area contributed by atoms with Crippen molar-refractivity contribution in [3.63, 3.8) is 0 Å². The molecule has 4 aliphatic rings. The first-order valence-electron chi connectivity index (χ1n) is 20.6. The molecule has 0 spiro atoms. The molecule has 0 radical (unpaired) electrons. The maximum Gasteiger partial charge on any atom is 0.234 e. The van der Waals surface area contributed by atoms with Crippen LogP contribution in [-0.2, 0) is 14.4 Å². The zero-order chi connectivity index (χ0) is 41.3. The second-order valence-corrected chi connectivity index (χ2v) is 15.8. The Morgan fingerprint density at radius 1 is 0.850 bits per heavy atom. The number of anilines is 3. The first-order chi connectivity index (χ1) is 29.2. The predicted octanol–water partition coefficient (Wildman–Crippen LogP) is 4.06. The molecule has 3 N–H and O–H groups in total. The van der Waals surface area contributed by atoms with Gasteiger partial charge in [-0.1, -0.05) is 18.2 Å². The number of carbonyl (C=O) groups excluding carboxylic acids is 5. The van der Waals surface area contributed by atoms with Crippen molar-refractivity contribution in [2.45, 2.75) is 38.1 Å². The second-order valence-electron chi connectivity index (χ2n) is 15.8. The number of imide groups is 1. The molecule has 0 saturated carbocycles. The summed E-state index contributed by atoms with van der Waals surface area (Å²) in [5, 5.41) is 13.5. The van der Waals surface area contributed by atoms with Crippen LogP contribution in [0, 0.1) is 17.7 Å². The van der Waals surface area contributed by atoms with Gasteiger partial charge in [0.25, 0.3) is 0 Å². The van der Waals surface area contributed by atoms with Crippen molar-refractivity contribution in [2.75, 3.05) is 67.5 Å². The smallest absolute Gasteiger partial charge is 0.234 e. The molecule has 3 aliphatic heterocycles. The topological polar surface area (TPSA) is 174 Å². The van der Waals surface area contributed by atoms with Gasteiger partial charge in [-0.3, -0.25) is 34.2 Å². The normalized spacial score (nSPS) is 20.8. The van der Waals surface area contributed by atoms with E-state index in [1.807, 2.05) is 40.9 Å². The Balaban J connectivity index is 0.739. The number of hydrogen-bond donors (Lipinski definition) is 3. The van der Waals surface area contributed by atoms with Crippen molar-refractivity contribution in [1.29, 1.82) is 0 Å². The van der Waals surface area contributed by atoms with E-state index in [0.717, 1.165) is 48.0 Å². The Morgan fingerprint density at radius 3 is 2.52 bits per heavy atom. The minimum absolute atomic E-state index is 0.0460. The van der Waals surface area contributed by atoms with Crippen LogP contribution in [0.15, 0.2) is 79.0 Å². The highest BCUT2D eigenvalue weighted by Gasteiger charge is 2.47. The number of fused-ring (bicyclic) bond motifs is 2. The van der Waals surface area contributed by atoms with Gasteiger partial charge in [0, 0.05) is 69.0 Å². The van der Waals surface area contributed by atoms with Crippen LogP contribution in [0.1, 0.15) is 64.4 Å². The number of pyridine rings is 1. The van der Waals surface area contributed by atoms with Crippen LogP contribution in [0.4, 0.5) is 21.7 Å². The zero-order valence-electron chi connectivity index (χ0n) is 33.0. The van der Waals surface area contributed by atoms with Crippen molar-refractivity contribution >= 4 is 52.3 Å². The number of nitrogens with zero attached hydrogens (tertiary/aromatic N) is 7. The molecule has 308 valence electrons. The van der Waals surface area contributed by atoms with Crippen LogP contribution in [-0.4, -0.2) is 106 Å². The van der Waals surface area contributed by atoms with Gasteiger partial charge in [-0.25, -0.2) is 18.9 Å². The van der Waals surface area contributed by atoms with Crippen molar-refractivity contribution in [2.24, 2.45) is 11.8 Å². The van der Waals surface area contributed by atoms with Crippen LogP contribution < -0.4 is 25.8 Å². The predicted molar refractivity (Wildman–Crippen MR) is 221 cm³/mol. The Hall–Kier alpha value is -6.55. The summed E-state index contributed by atoms with van der Waals surface area (Å²) >= 11 is 0. The van der Waals surface area contributed by atoms with E-state index >= 15 is 0 Å². The van der Waals surface area contributed by atoms with Gasteiger partial charge < -0.3 is 20.4 Å². The van der Waals surface area contributed by atoms with Crippen LogP contribution >= 0.6 is 0 Å². The van der Waals surface area contributed by atoms with Crippen LogP contribution in [0.5, 0.6) is 0 Å². The highest BCUT2D eigenvalue weighted by molar-refractivity contribution is 6.28. The number of Topliss-reactive ketones (excluding diaryl/α,β-unsaturated/α-hetero) is 2. The molecular formula is C44H45FN10O5. The van der Waals surface area contributed by atoms with E-state index < -0.39 is 29.4 Å². The molecule has 5 aromatic rings. The third-order valence-corrected chi connectivity index (χ3v) is 12.0. The lowest BCUT2D eigenvalue weighted by Gasteiger charge is -2.35. The molecule has 1 aliphatic carbocycles. The van der Waals surface area contributed by atoms with Gasteiger partial charge in [0.2, 0.25) is 17.7 Å². The molecule has 3 amide bonds. The number of benzene rings is 2. The van der Waals surface area contributed by atoms with E-state index in [4.69, 9.17) is 10.1 Å². The van der Waals surface area contributed by atoms with E-state index in [2.05, 4.69) is 35.6 Å². The van der Waals surface area contributed by atoms with Crippen LogP contribution in [0.25, 0.3) is 17.0 Å². The summed E-state index contributed by atoms with van der Waals surface area (Å²) in [6.45, 7) is 4.94. The number of halogens is 1. The maximum absolute atomic E-state index is 14.1. The number of piperazine rings is 1. The molecule has 60 heavy (non-hydrogen) atoms. The standard InChI is InChI=1S/C44H45FN10O5/c45-28-6-1-5-27(23-28)34-8-3-18-54(34)38-14-13-36-48-25-35(55(36)51-38)33-7-2-9-37(49-33)53-21-19-52(20-22-53)26-40(57)47-17-4-16-46-29-10-11-30-32(24-29)43(59)41(42(30)58)31-12-15-39(56)50-44(31)60/h1-2,5-7,9-11,13-14,23-25,31,34,41,46H,3-4,8,12,15-22,26H2,(H,47,57)(H,50,56,60)/t31?,34-,41?/m1/s1. The molecule has 3 saturated heterocycles. The average molecular weight is 813 g/mol. The van der Waals surface area contributed by atoms with Crippen LogP contribution in [0.3, 0.4) is 0 Å². The Kier molecular flexibility index (Phi) is 10.8. The molecule has 3 aromatic heterocycles. The summed E-state index contributed by atoms with van der Waals surface area (Å²) in [6.07, 6.45) is 4.62. The van der Waals surface area contributed by atoms with Gasteiger partial charge in [0.1, 0.15) is 23.1 Å². The number of amides is 3. The number of nitrogens with one attached hydrogen (secondary N) is 3. The SMILES string of the molecule is O=C(CN1CCN(c2cccc(-c3cnc4ccc(N5CCC[C@@H]5c5cccc(F)c5)nn34)n2)CC1)NCCCNc1ccc2c(c1)C(=O)C(C1CCC(=O)NC1=O)C2=O. The van der Waals surface area contributed by atoms with Crippen LogP contribution in [0.2, 0.25) is 0 Å². The Morgan fingerprint density at radius 2 is 1.68 bits per heavy atom. The highest BCUT2D eigenvalue weighted by Crippen LogP contribution is 2.37. The summed E-state index contributed by atoms with van der Waals surface area (Å²) in [7, 11) is 0. The summed E-state index contributed by atoms with van der Waals surface area (Å²) in [5.74, 6) is -2.33. The first kappa shape index (κ1) is 38.9. The molecule has 0 bridgehead atoms. The van der Waals surface area contributed by atoms with Crippen molar-refractivity contribution in [3.05, 3.63) is 102 Å². The minimum Gasteiger partial charge on any atom is -0.385 e. The summed E-state index contributed by atoms with van der Waals surface area (Å²) in [6, 6.07) is 21.7. The third kappa shape index (κ3) is 7.81. The summed E-state index contributed by atoms with van der Waals surface area (Å²) < 4.78 is 15.9. The van der Waals surface area contributed by atoms with Gasteiger partial charge in [0.05, 0.1) is 36.3 Å². The fourth-order valence-corrected chi connectivity index (χ4v) is 8.90. The quantitative estimate of drug-likeness (QED) is 0.0939. The van der Waals surface area contributed by atoms with Crippen molar-refractivity contribution < 1.29 is 28.4 Å². The van der Waals surface area contributed by atoms with E-state index in [1.165, 1.54) is 6.07 Å². The molecule has 6 heterocycles. The van der Waals surface area contributed by atoms with Crippen molar-refractivity contribution in [3.8, 4) is 11.4 Å². The lowest BCUT2D eigenvalue weighted by molar-refractivity contribution is -0.137. The van der Waals surface area contributed by atoms with Gasteiger partial charge >= 0.3 is 0 Å². The third-order valence-electron chi connectivity index (χ3n) is 12.0. The van der Waals surface area contributed by atoms with Gasteiger partial charge in [-0.2, -0.15) is 0 Å². The summed E-state index contributed by atoms with van der Waals surface area (Å²) in [5.41, 5.74) is 4.43. The zero-order valence-corrected chi connectivity index (χ0v) is 33.0. The van der Waals surface area contributed by atoms with E-state index in [9.17, 15) is 28.4 Å². The fourth-order valence-electron chi connectivity index (χ4n) is 8.90. The fraction of sp³-hybridized carbons (Fsp3) is 0.364. The van der Waals surface area contributed by atoms with E-state index in [-0.39, 0.29) is 48.5 Å². The van der Waals surface area contributed by atoms with E-state index in [0.29, 0.717) is 62.6 Å². The van der Waals surface area contributed by atoms with Gasteiger partial charge in [-0.05, 0) is 85.8 Å². The minimum atomic E-state index is -1.10. The van der Waals surface area contributed by atoms with Crippen molar-refractivity contribution in [1.82, 2.24) is 35.1 Å². The molecule has 2 aromatic carbocycles. The summed E-state index contributed by atoms with van der Waals surface area (Å²) in [4.78, 5) is 79.2. The van der Waals surface area contributed by atoms with E-state index in [1.54, 1.807) is 36.5 Å². The number of imidazole rings is 1. The lowest BCUT2D eigenvalue weighted by Crippen LogP contribution is -2.49. The number of ketones is 2. The van der Waals surface area contributed by atoms with Gasteiger partial charge in [-0.15, -0.1) is 5.10 Å². The molecule has 16 heteroatoms. The molecule has 15 nitrogen and oxygen atoms in total. The molecule has 2 unspecified atom stereocenters. The average Bonchev–Trinajstić information content (AvgIpc) is 3.98. The second kappa shape index (κ2) is 16.6. The maximum atomic E-state index is 14.1. The Bertz CT molecular complexity index is 2500. The Labute approximate surface area is 345 Å². The number of carbonyl (C=O) groups is 5. The first-order valence-corrected chi connectivity index (χ1v) is 20.6. The number of rotatable bonds is 12. The number of aromatic nitrogens is 4.